The molecule has 0 spiro atoms. The average Bonchev–Trinajstić information content (AvgIpc) is 2.17. The lowest BCUT2D eigenvalue weighted by atomic mass is 9.89. The largest absolute Gasteiger partial charge is 0.383 e. The summed E-state index contributed by atoms with van der Waals surface area (Å²) >= 11 is 0. The summed E-state index contributed by atoms with van der Waals surface area (Å²) in [5, 5.41) is 3.38. The Kier molecular flexibility index (Phi) is 2.96. The van der Waals surface area contributed by atoms with Gasteiger partial charge in [0.1, 0.15) is 17.5 Å². The first kappa shape index (κ1) is 11.1. The zero-order valence-corrected chi connectivity index (χ0v) is 9.95. The minimum Gasteiger partial charge on any atom is -0.383 e. The molecule has 5 nitrogen and oxygen atoms in total. The van der Waals surface area contributed by atoms with Crippen LogP contribution in [0.2, 0.25) is 0 Å². The van der Waals surface area contributed by atoms with Gasteiger partial charge in [0.05, 0.1) is 6.10 Å². The maximum Gasteiger partial charge on any atom is 0.134 e. The highest BCUT2D eigenvalue weighted by atomic mass is 16.5. The molecule has 1 saturated carbocycles. The van der Waals surface area contributed by atoms with Crippen LogP contribution < -0.4 is 11.1 Å². The molecule has 5 heteroatoms. The van der Waals surface area contributed by atoms with Crippen molar-refractivity contribution in [3.63, 3.8) is 0 Å². The zero-order valence-electron chi connectivity index (χ0n) is 9.95. The van der Waals surface area contributed by atoms with Gasteiger partial charge in [-0.05, 0) is 26.7 Å². The molecule has 0 saturated heterocycles. The summed E-state index contributed by atoms with van der Waals surface area (Å²) in [4.78, 5) is 8.48. The number of methoxy groups -OCH3 is 1. The monoisotopic (exact) mass is 222 g/mol. The van der Waals surface area contributed by atoms with Crippen LogP contribution in [-0.4, -0.2) is 29.2 Å². The Balaban J connectivity index is 2.05. The number of rotatable bonds is 3. The van der Waals surface area contributed by atoms with Crippen molar-refractivity contribution in [2.24, 2.45) is 0 Å². The molecule has 0 aromatic carbocycles. The molecule has 88 valence electrons. The standard InChI is InChI=1S/C11H18N4O/c1-6-10(12)13-7(2)14-11(6)15-8-4-9(5-8)16-3/h8-9H,4-5H2,1-3H3,(H3,12,13,14,15). The third-order valence-corrected chi connectivity index (χ3v) is 3.06. The van der Waals surface area contributed by atoms with Gasteiger partial charge < -0.3 is 15.8 Å². The van der Waals surface area contributed by atoms with Crippen LogP contribution in [0.1, 0.15) is 24.2 Å². The van der Waals surface area contributed by atoms with E-state index in [1.165, 1.54) is 0 Å². The predicted molar refractivity (Wildman–Crippen MR) is 63.4 cm³/mol. The van der Waals surface area contributed by atoms with E-state index in [9.17, 15) is 0 Å². The topological polar surface area (TPSA) is 73.1 Å². The second kappa shape index (κ2) is 4.25. The number of nitrogens with two attached hydrogens (primary N) is 1. The molecule has 1 aromatic rings. The van der Waals surface area contributed by atoms with Crippen LogP contribution in [-0.2, 0) is 4.74 Å². The third kappa shape index (κ3) is 2.09. The van der Waals surface area contributed by atoms with Crippen molar-refractivity contribution in [3.05, 3.63) is 11.4 Å². The lowest BCUT2D eigenvalue weighted by Gasteiger charge is -2.35. The van der Waals surface area contributed by atoms with Gasteiger partial charge in [0, 0.05) is 18.7 Å². The molecule has 16 heavy (non-hydrogen) atoms. The van der Waals surface area contributed by atoms with E-state index in [4.69, 9.17) is 10.5 Å². The van der Waals surface area contributed by atoms with E-state index in [1.807, 2.05) is 13.8 Å². The van der Waals surface area contributed by atoms with Crippen LogP contribution in [0.5, 0.6) is 0 Å². The molecular weight excluding hydrogens is 204 g/mol. The van der Waals surface area contributed by atoms with Crippen molar-refractivity contribution in [3.8, 4) is 0 Å². The van der Waals surface area contributed by atoms with Gasteiger partial charge in [-0.1, -0.05) is 0 Å². The molecule has 1 aromatic heterocycles. The Bertz CT molecular complexity index is 388. The number of aryl methyl sites for hydroxylation is 1. The highest BCUT2D eigenvalue weighted by molar-refractivity contribution is 5.55. The van der Waals surface area contributed by atoms with Gasteiger partial charge in [-0.3, -0.25) is 0 Å². The third-order valence-electron chi connectivity index (χ3n) is 3.06. The smallest absolute Gasteiger partial charge is 0.134 e. The minimum absolute atomic E-state index is 0.387. The van der Waals surface area contributed by atoms with Crippen LogP contribution in [0.25, 0.3) is 0 Å². The van der Waals surface area contributed by atoms with Crippen molar-refractivity contribution in [1.82, 2.24) is 9.97 Å². The van der Waals surface area contributed by atoms with Gasteiger partial charge in [-0.2, -0.15) is 0 Å². The Morgan fingerprint density at radius 1 is 1.31 bits per heavy atom. The van der Waals surface area contributed by atoms with E-state index in [2.05, 4.69) is 15.3 Å². The Morgan fingerprint density at radius 3 is 2.62 bits per heavy atom. The summed E-state index contributed by atoms with van der Waals surface area (Å²) in [5.41, 5.74) is 6.72. The van der Waals surface area contributed by atoms with Gasteiger partial charge in [0.25, 0.3) is 0 Å². The average molecular weight is 222 g/mol. The van der Waals surface area contributed by atoms with Crippen LogP contribution in [0, 0.1) is 13.8 Å². The summed E-state index contributed by atoms with van der Waals surface area (Å²) in [6.07, 6.45) is 2.44. The normalized spacial score (nSPS) is 23.9. The van der Waals surface area contributed by atoms with E-state index in [0.717, 1.165) is 24.2 Å². The lowest BCUT2D eigenvalue weighted by molar-refractivity contribution is 0.0328. The summed E-state index contributed by atoms with van der Waals surface area (Å²) in [6.45, 7) is 3.78. The zero-order chi connectivity index (χ0) is 11.7. The fourth-order valence-corrected chi connectivity index (χ4v) is 1.86. The maximum atomic E-state index is 5.79. The summed E-state index contributed by atoms with van der Waals surface area (Å²) in [7, 11) is 1.75. The summed E-state index contributed by atoms with van der Waals surface area (Å²) in [6, 6.07) is 0.442. The molecule has 0 bridgehead atoms. The lowest BCUT2D eigenvalue weighted by Crippen LogP contribution is -2.40. The van der Waals surface area contributed by atoms with Crippen LogP contribution in [0.3, 0.4) is 0 Å². The van der Waals surface area contributed by atoms with E-state index < -0.39 is 0 Å². The molecule has 1 aliphatic rings. The number of ether oxygens (including phenoxy) is 1. The number of nitrogens with zero attached hydrogens (tertiary/aromatic N) is 2. The molecule has 0 unspecified atom stereocenters. The van der Waals surface area contributed by atoms with Crippen molar-refractivity contribution in [2.75, 3.05) is 18.2 Å². The molecule has 1 heterocycles. The number of nitrogen functional groups attached to an aromatic ring is 1. The first-order valence-electron chi connectivity index (χ1n) is 5.50. The van der Waals surface area contributed by atoms with Gasteiger partial charge >= 0.3 is 0 Å². The van der Waals surface area contributed by atoms with Crippen LogP contribution >= 0.6 is 0 Å². The molecule has 0 atom stereocenters. The highest BCUT2D eigenvalue weighted by Gasteiger charge is 2.29. The quantitative estimate of drug-likeness (QED) is 0.805. The van der Waals surface area contributed by atoms with E-state index in [1.54, 1.807) is 7.11 Å². The van der Waals surface area contributed by atoms with E-state index >= 15 is 0 Å². The first-order valence-corrected chi connectivity index (χ1v) is 5.50. The molecule has 3 N–H and O–H groups in total. The fraction of sp³-hybridized carbons (Fsp3) is 0.636. The van der Waals surface area contributed by atoms with Crippen molar-refractivity contribution >= 4 is 11.6 Å². The Hall–Kier alpha value is -1.36. The minimum atomic E-state index is 0.387. The molecule has 1 fully saturated rings. The molecule has 0 amide bonds. The number of anilines is 2. The van der Waals surface area contributed by atoms with Gasteiger partial charge in [-0.25, -0.2) is 9.97 Å². The molecule has 1 aliphatic carbocycles. The SMILES string of the molecule is COC1CC(Nc2nc(C)nc(N)c2C)C1. The maximum absolute atomic E-state index is 5.79. The number of nitrogens with one attached hydrogen (secondary N) is 1. The predicted octanol–water partition coefficient (Wildman–Crippen LogP) is 1.26. The van der Waals surface area contributed by atoms with Crippen molar-refractivity contribution in [1.29, 1.82) is 0 Å². The van der Waals surface area contributed by atoms with Gasteiger partial charge in [-0.15, -0.1) is 0 Å². The van der Waals surface area contributed by atoms with Crippen molar-refractivity contribution < 1.29 is 4.74 Å². The first-order chi connectivity index (χ1) is 7.60. The Labute approximate surface area is 95.4 Å². The fourth-order valence-electron chi connectivity index (χ4n) is 1.86. The molecule has 0 aliphatic heterocycles. The molecular formula is C11H18N4O. The van der Waals surface area contributed by atoms with Gasteiger partial charge in [0.2, 0.25) is 0 Å². The second-order valence-electron chi connectivity index (χ2n) is 4.30. The van der Waals surface area contributed by atoms with Gasteiger partial charge in [0.15, 0.2) is 0 Å². The van der Waals surface area contributed by atoms with Crippen LogP contribution in [0.4, 0.5) is 11.6 Å². The second-order valence-corrected chi connectivity index (χ2v) is 4.30. The van der Waals surface area contributed by atoms with E-state index in [0.29, 0.717) is 23.8 Å². The number of aromatic nitrogens is 2. The van der Waals surface area contributed by atoms with E-state index in [-0.39, 0.29) is 0 Å². The number of hydrogen-bond acceptors (Lipinski definition) is 5. The Morgan fingerprint density at radius 2 is 2.00 bits per heavy atom. The van der Waals surface area contributed by atoms with Crippen LogP contribution in [0.15, 0.2) is 0 Å². The summed E-state index contributed by atoms with van der Waals surface area (Å²) < 4.78 is 5.23. The molecule has 2 rings (SSSR count). The highest BCUT2D eigenvalue weighted by Crippen LogP contribution is 2.27. The summed E-state index contributed by atoms with van der Waals surface area (Å²) in [5.74, 6) is 2.11. The number of hydrogen-bond donors (Lipinski definition) is 2. The van der Waals surface area contributed by atoms with Crippen molar-refractivity contribution in [2.45, 2.75) is 38.8 Å². The molecule has 0 radical (unpaired) electrons.